The fourth-order valence-electron chi connectivity index (χ4n) is 2.64. The maximum atomic E-state index is 14.2. The van der Waals surface area contributed by atoms with E-state index in [0.29, 0.717) is 5.41 Å². The first kappa shape index (κ1) is 14.3. The maximum absolute atomic E-state index is 14.2. The van der Waals surface area contributed by atoms with Crippen LogP contribution in [0.15, 0.2) is 18.2 Å². The Bertz CT molecular complexity index is 429. The monoisotopic (exact) mass is 264 g/mol. The Hall–Kier alpha value is -1.09. The van der Waals surface area contributed by atoms with Crippen LogP contribution in [0.1, 0.15) is 39.2 Å². The summed E-state index contributed by atoms with van der Waals surface area (Å²) in [5, 5.41) is 3.30. The summed E-state index contributed by atoms with van der Waals surface area (Å²) in [5.74, 6) is -0.0894. The largest absolute Gasteiger partial charge is 0.369 e. The molecule has 0 amide bonds. The van der Waals surface area contributed by atoms with E-state index in [1.807, 2.05) is 12.1 Å². The minimum atomic E-state index is -0.0894. The summed E-state index contributed by atoms with van der Waals surface area (Å²) in [4.78, 5) is 2.17. The maximum Gasteiger partial charge on any atom is 0.146 e. The van der Waals surface area contributed by atoms with E-state index in [1.54, 1.807) is 6.07 Å². The SMILES string of the molecule is CCCNCc1ccc(N2CCC(C)(C)C2)c(F)c1. The van der Waals surface area contributed by atoms with Gasteiger partial charge in [-0.15, -0.1) is 0 Å². The average molecular weight is 264 g/mol. The molecule has 1 aliphatic heterocycles. The highest BCUT2D eigenvalue weighted by atomic mass is 19.1. The molecule has 1 aliphatic rings. The van der Waals surface area contributed by atoms with E-state index >= 15 is 0 Å². The van der Waals surface area contributed by atoms with E-state index in [2.05, 4.69) is 31.0 Å². The Kier molecular flexibility index (Phi) is 4.46. The van der Waals surface area contributed by atoms with E-state index in [9.17, 15) is 4.39 Å². The number of anilines is 1. The van der Waals surface area contributed by atoms with Gasteiger partial charge in [0.2, 0.25) is 0 Å². The van der Waals surface area contributed by atoms with Crippen molar-refractivity contribution in [1.29, 1.82) is 0 Å². The van der Waals surface area contributed by atoms with Gasteiger partial charge in [-0.2, -0.15) is 0 Å². The van der Waals surface area contributed by atoms with Crippen molar-refractivity contribution < 1.29 is 4.39 Å². The van der Waals surface area contributed by atoms with Gasteiger partial charge in [0.15, 0.2) is 0 Å². The molecule has 1 aromatic rings. The minimum absolute atomic E-state index is 0.0894. The summed E-state index contributed by atoms with van der Waals surface area (Å²) in [7, 11) is 0. The Morgan fingerprint density at radius 1 is 1.37 bits per heavy atom. The Morgan fingerprint density at radius 2 is 2.16 bits per heavy atom. The highest BCUT2D eigenvalue weighted by molar-refractivity contribution is 5.50. The molecule has 0 saturated carbocycles. The topological polar surface area (TPSA) is 15.3 Å². The van der Waals surface area contributed by atoms with Gasteiger partial charge in [-0.25, -0.2) is 4.39 Å². The zero-order valence-electron chi connectivity index (χ0n) is 12.3. The molecule has 0 aromatic heterocycles. The molecule has 1 aromatic carbocycles. The highest BCUT2D eigenvalue weighted by Gasteiger charge is 2.30. The number of hydrogen-bond donors (Lipinski definition) is 1. The zero-order valence-corrected chi connectivity index (χ0v) is 12.3. The van der Waals surface area contributed by atoms with E-state index in [1.165, 1.54) is 0 Å². The second kappa shape index (κ2) is 5.91. The van der Waals surface area contributed by atoms with Crippen molar-refractivity contribution in [2.45, 2.75) is 40.2 Å². The van der Waals surface area contributed by atoms with Crippen LogP contribution in [-0.4, -0.2) is 19.6 Å². The van der Waals surface area contributed by atoms with Crippen LogP contribution in [0.25, 0.3) is 0 Å². The van der Waals surface area contributed by atoms with Crippen molar-refractivity contribution in [2.75, 3.05) is 24.5 Å². The van der Waals surface area contributed by atoms with E-state index in [4.69, 9.17) is 0 Å². The van der Waals surface area contributed by atoms with Crippen molar-refractivity contribution in [2.24, 2.45) is 5.41 Å². The first-order valence-electron chi connectivity index (χ1n) is 7.26. The van der Waals surface area contributed by atoms with Gasteiger partial charge in [0.25, 0.3) is 0 Å². The van der Waals surface area contributed by atoms with Gasteiger partial charge in [0, 0.05) is 19.6 Å². The minimum Gasteiger partial charge on any atom is -0.369 e. The van der Waals surface area contributed by atoms with Crippen LogP contribution < -0.4 is 10.2 Å². The Morgan fingerprint density at radius 3 is 2.74 bits per heavy atom. The van der Waals surface area contributed by atoms with E-state index in [0.717, 1.165) is 50.3 Å². The quantitative estimate of drug-likeness (QED) is 0.818. The first-order chi connectivity index (χ1) is 9.02. The van der Waals surface area contributed by atoms with Gasteiger partial charge in [-0.3, -0.25) is 0 Å². The molecular formula is C16H25FN2. The number of halogens is 1. The van der Waals surface area contributed by atoms with Crippen molar-refractivity contribution >= 4 is 5.69 Å². The molecule has 0 aliphatic carbocycles. The van der Waals surface area contributed by atoms with Gasteiger partial charge in [-0.1, -0.05) is 26.8 Å². The van der Waals surface area contributed by atoms with Crippen LogP contribution in [0, 0.1) is 11.2 Å². The lowest BCUT2D eigenvalue weighted by atomic mass is 9.93. The first-order valence-corrected chi connectivity index (χ1v) is 7.26. The summed E-state index contributed by atoms with van der Waals surface area (Å²) in [6, 6.07) is 5.63. The van der Waals surface area contributed by atoms with Gasteiger partial charge in [0.1, 0.15) is 5.82 Å². The summed E-state index contributed by atoms with van der Waals surface area (Å²) in [6.45, 7) is 10.2. The second-order valence-electron chi connectivity index (χ2n) is 6.30. The normalized spacial score (nSPS) is 18.0. The lowest BCUT2D eigenvalue weighted by Crippen LogP contribution is -2.23. The number of nitrogens with one attached hydrogen (secondary N) is 1. The predicted octanol–water partition coefficient (Wildman–Crippen LogP) is 3.56. The van der Waals surface area contributed by atoms with Crippen molar-refractivity contribution in [3.8, 4) is 0 Å². The average Bonchev–Trinajstić information content (AvgIpc) is 2.70. The van der Waals surface area contributed by atoms with Crippen molar-refractivity contribution in [1.82, 2.24) is 5.32 Å². The third-order valence-corrected chi connectivity index (χ3v) is 3.79. The molecule has 1 N–H and O–H groups in total. The fourth-order valence-corrected chi connectivity index (χ4v) is 2.64. The van der Waals surface area contributed by atoms with Crippen LogP contribution in [-0.2, 0) is 6.54 Å². The Labute approximate surface area is 116 Å². The molecule has 3 heteroatoms. The lowest BCUT2D eigenvalue weighted by molar-refractivity contribution is 0.418. The molecule has 106 valence electrons. The number of nitrogens with zero attached hydrogens (tertiary/aromatic N) is 1. The lowest BCUT2D eigenvalue weighted by Gasteiger charge is -2.22. The van der Waals surface area contributed by atoms with Gasteiger partial charge in [-0.05, 0) is 42.5 Å². The summed E-state index contributed by atoms with van der Waals surface area (Å²) in [5.41, 5.74) is 2.08. The van der Waals surface area contributed by atoms with Crippen molar-refractivity contribution in [3.63, 3.8) is 0 Å². The third-order valence-electron chi connectivity index (χ3n) is 3.79. The molecule has 0 radical (unpaired) electrons. The predicted molar refractivity (Wildman–Crippen MR) is 79.0 cm³/mol. The van der Waals surface area contributed by atoms with E-state index < -0.39 is 0 Å². The number of hydrogen-bond acceptors (Lipinski definition) is 2. The highest BCUT2D eigenvalue weighted by Crippen LogP contribution is 2.33. The van der Waals surface area contributed by atoms with Gasteiger partial charge >= 0.3 is 0 Å². The van der Waals surface area contributed by atoms with Crippen LogP contribution in [0.2, 0.25) is 0 Å². The molecule has 0 atom stereocenters. The zero-order chi connectivity index (χ0) is 13.9. The van der Waals surface area contributed by atoms with Crippen LogP contribution in [0.3, 0.4) is 0 Å². The molecule has 1 heterocycles. The summed E-state index contributed by atoms with van der Waals surface area (Å²) < 4.78 is 14.2. The van der Waals surface area contributed by atoms with Gasteiger partial charge in [0.05, 0.1) is 5.69 Å². The number of rotatable bonds is 5. The van der Waals surface area contributed by atoms with Crippen LogP contribution >= 0.6 is 0 Å². The molecule has 0 unspecified atom stereocenters. The molecule has 2 nitrogen and oxygen atoms in total. The molecule has 2 rings (SSSR count). The molecule has 19 heavy (non-hydrogen) atoms. The summed E-state index contributed by atoms with van der Waals surface area (Å²) >= 11 is 0. The van der Waals surface area contributed by atoms with E-state index in [-0.39, 0.29) is 5.82 Å². The molecular weight excluding hydrogens is 239 g/mol. The molecule has 0 spiro atoms. The van der Waals surface area contributed by atoms with Crippen LogP contribution in [0.5, 0.6) is 0 Å². The van der Waals surface area contributed by atoms with Crippen molar-refractivity contribution in [3.05, 3.63) is 29.6 Å². The Balaban J connectivity index is 2.03. The van der Waals surface area contributed by atoms with Crippen LogP contribution in [0.4, 0.5) is 10.1 Å². The smallest absolute Gasteiger partial charge is 0.146 e. The van der Waals surface area contributed by atoms with Gasteiger partial charge < -0.3 is 10.2 Å². The molecule has 0 bridgehead atoms. The second-order valence-corrected chi connectivity index (χ2v) is 6.30. The standard InChI is InChI=1S/C16H25FN2/c1-4-8-18-11-13-5-6-15(14(17)10-13)19-9-7-16(2,3)12-19/h5-6,10,18H,4,7-9,11-12H2,1-3H3. The number of benzene rings is 1. The molecule has 1 fully saturated rings. The fraction of sp³-hybridized carbons (Fsp3) is 0.625. The summed E-state index contributed by atoms with van der Waals surface area (Å²) in [6.07, 6.45) is 2.23. The molecule has 1 saturated heterocycles. The third kappa shape index (κ3) is 3.69.